The monoisotopic (exact) mass is 329 g/mol. The lowest BCUT2D eigenvalue weighted by Gasteiger charge is -2.39. The molecule has 0 radical (unpaired) electrons. The molecule has 1 unspecified atom stereocenters. The Morgan fingerprint density at radius 2 is 1.83 bits per heavy atom. The topological polar surface area (TPSA) is 56.7 Å². The lowest BCUT2D eigenvalue weighted by atomic mass is 10.1. The van der Waals surface area contributed by atoms with Crippen molar-refractivity contribution in [3.05, 3.63) is 59.7 Å². The normalized spacial score (nSPS) is 16.8. The largest absolute Gasteiger partial charge is 0.478 e. The van der Waals surface area contributed by atoms with Crippen LogP contribution in [0.1, 0.15) is 28.9 Å². The molecule has 0 amide bonds. The number of piperazine rings is 1. The van der Waals surface area contributed by atoms with E-state index < -0.39 is 11.8 Å². The molecular formula is C18H20FN3O2. The summed E-state index contributed by atoms with van der Waals surface area (Å²) in [5, 5.41) is 9.07. The molecule has 6 heteroatoms. The van der Waals surface area contributed by atoms with Gasteiger partial charge >= 0.3 is 5.97 Å². The van der Waals surface area contributed by atoms with Gasteiger partial charge < -0.3 is 10.0 Å². The molecule has 1 aromatic heterocycles. The Hall–Kier alpha value is -2.47. The predicted octanol–water partition coefficient (Wildman–Crippen LogP) is 2.80. The van der Waals surface area contributed by atoms with E-state index in [1.165, 1.54) is 17.7 Å². The fourth-order valence-electron chi connectivity index (χ4n) is 3.10. The summed E-state index contributed by atoms with van der Waals surface area (Å²) in [6.07, 6.45) is 3.59. The van der Waals surface area contributed by atoms with Crippen molar-refractivity contribution in [2.24, 2.45) is 0 Å². The molecule has 0 bridgehead atoms. The summed E-state index contributed by atoms with van der Waals surface area (Å²) in [4.78, 5) is 19.5. The molecule has 1 aliphatic heterocycles. The smallest absolute Gasteiger partial charge is 0.335 e. The second-order valence-corrected chi connectivity index (χ2v) is 5.98. The Balaban J connectivity index is 1.68. The fourth-order valence-corrected chi connectivity index (χ4v) is 3.10. The molecule has 126 valence electrons. The van der Waals surface area contributed by atoms with Gasteiger partial charge in [0.25, 0.3) is 0 Å². The molecular weight excluding hydrogens is 309 g/mol. The van der Waals surface area contributed by atoms with Crippen LogP contribution < -0.4 is 4.90 Å². The molecule has 1 aliphatic rings. The molecule has 0 saturated carbocycles. The van der Waals surface area contributed by atoms with Gasteiger partial charge in [-0.25, -0.2) is 9.18 Å². The Kier molecular flexibility index (Phi) is 4.76. The van der Waals surface area contributed by atoms with Gasteiger partial charge in [-0.05, 0) is 42.8 Å². The van der Waals surface area contributed by atoms with Crippen LogP contribution in [-0.4, -0.2) is 47.1 Å². The van der Waals surface area contributed by atoms with E-state index in [0.717, 1.165) is 32.2 Å². The Labute approximate surface area is 140 Å². The van der Waals surface area contributed by atoms with Crippen LogP contribution in [0, 0.1) is 5.82 Å². The quantitative estimate of drug-likeness (QED) is 0.935. The van der Waals surface area contributed by atoms with Gasteiger partial charge in [0, 0.05) is 50.3 Å². The Morgan fingerprint density at radius 1 is 1.17 bits per heavy atom. The van der Waals surface area contributed by atoms with E-state index in [-0.39, 0.29) is 11.6 Å². The van der Waals surface area contributed by atoms with Gasteiger partial charge in [-0.2, -0.15) is 0 Å². The number of nitrogens with zero attached hydrogens (tertiary/aromatic N) is 3. The van der Waals surface area contributed by atoms with Gasteiger partial charge in [0.15, 0.2) is 0 Å². The SMILES string of the molecule is CC(c1ccncc1)N1CCN(c2cc(F)cc(C(=O)O)c2)CC1. The van der Waals surface area contributed by atoms with Crippen molar-refractivity contribution in [1.29, 1.82) is 0 Å². The fraction of sp³-hybridized carbons (Fsp3) is 0.333. The number of anilines is 1. The van der Waals surface area contributed by atoms with Crippen molar-refractivity contribution in [2.45, 2.75) is 13.0 Å². The average molecular weight is 329 g/mol. The lowest BCUT2D eigenvalue weighted by molar-refractivity contribution is 0.0696. The first-order valence-corrected chi connectivity index (χ1v) is 7.97. The lowest BCUT2D eigenvalue weighted by Crippen LogP contribution is -2.47. The van der Waals surface area contributed by atoms with Crippen LogP contribution in [0.3, 0.4) is 0 Å². The highest BCUT2D eigenvalue weighted by Crippen LogP contribution is 2.24. The minimum atomic E-state index is -1.11. The number of carboxylic acid groups (broad SMARTS) is 1. The minimum Gasteiger partial charge on any atom is -0.478 e. The molecule has 1 saturated heterocycles. The van der Waals surface area contributed by atoms with E-state index in [1.54, 1.807) is 12.4 Å². The van der Waals surface area contributed by atoms with Gasteiger partial charge in [-0.3, -0.25) is 9.88 Å². The van der Waals surface area contributed by atoms with Crippen LogP contribution in [0.5, 0.6) is 0 Å². The molecule has 3 rings (SSSR count). The van der Waals surface area contributed by atoms with E-state index in [9.17, 15) is 9.18 Å². The van der Waals surface area contributed by atoms with E-state index >= 15 is 0 Å². The van der Waals surface area contributed by atoms with Gasteiger partial charge in [0.05, 0.1) is 5.56 Å². The number of carbonyl (C=O) groups is 1. The highest BCUT2D eigenvalue weighted by atomic mass is 19.1. The zero-order valence-corrected chi connectivity index (χ0v) is 13.5. The van der Waals surface area contributed by atoms with Gasteiger partial charge in [-0.1, -0.05) is 0 Å². The first-order chi connectivity index (χ1) is 11.5. The zero-order valence-electron chi connectivity index (χ0n) is 13.5. The summed E-state index contributed by atoms with van der Waals surface area (Å²) in [6.45, 7) is 5.30. The average Bonchev–Trinajstić information content (AvgIpc) is 2.61. The summed E-state index contributed by atoms with van der Waals surface area (Å²) in [6, 6.07) is 8.30. The molecule has 1 fully saturated rings. The van der Waals surface area contributed by atoms with Crippen molar-refractivity contribution >= 4 is 11.7 Å². The van der Waals surface area contributed by atoms with Crippen LogP contribution >= 0.6 is 0 Å². The van der Waals surface area contributed by atoms with Gasteiger partial charge in [0.1, 0.15) is 5.82 Å². The Bertz CT molecular complexity index is 715. The van der Waals surface area contributed by atoms with E-state index in [4.69, 9.17) is 5.11 Å². The number of pyridine rings is 1. The maximum absolute atomic E-state index is 13.7. The molecule has 24 heavy (non-hydrogen) atoms. The van der Waals surface area contributed by atoms with Crippen LogP contribution in [-0.2, 0) is 0 Å². The molecule has 2 heterocycles. The number of halogens is 1. The minimum absolute atomic E-state index is 0.0161. The molecule has 5 nitrogen and oxygen atoms in total. The highest BCUT2D eigenvalue weighted by Gasteiger charge is 2.23. The predicted molar refractivity (Wildman–Crippen MR) is 89.8 cm³/mol. The van der Waals surface area contributed by atoms with Crippen LogP contribution in [0.4, 0.5) is 10.1 Å². The maximum Gasteiger partial charge on any atom is 0.335 e. The summed E-state index contributed by atoms with van der Waals surface area (Å²) in [7, 11) is 0. The molecule has 1 atom stereocenters. The second-order valence-electron chi connectivity index (χ2n) is 5.98. The third kappa shape index (κ3) is 3.54. The third-order valence-electron chi connectivity index (χ3n) is 4.55. The van der Waals surface area contributed by atoms with Crippen molar-refractivity contribution in [2.75, 3.05) is 31.1 Å². The van der Waals surface area contributed by atoms with E-state index in [2.05, 4.69) is 16.8 Å². The summed E-state index contributed by atoms with van der Waals surface area (Å²) >= 11 is 0. The number of hydrogen-bond donors (Lipinski definition) is 1. The summed E-state index contributed by atoms with van der Waals surface area (Å²) in [5.74, 6) is -1.63. The number of benzene rings is 1. The summed E-state index contributed by atoms with van der Waals surface area (Å²) in [5.41, 5.74) is 1.83. The van der Waals surface area contributed by atoms with Crippen LogP contribution in [0.15, 0.2) is 42.7 Å². The molecule has 0 aliphatic carbocycles. The molecule has 1 aromatic carbocycles. The third-order valence-corrected chi connectivity index (χ3v) is 4.55. The van der Waals surface area contributed by atoms with Gasteiger partial charge in [-0.15, -0.1) is 0 Å². The number of carboxylic acids is 1. The number of aromatic carboxylic acids is 1. The zero-order chi connectivity index (χ0) is 17.1. The molecule has 1 N–H and O–H groups in total. The van der Waals surface area contributed by atoms with Crippen molar-refractivity contribution in [1.82, 2.24) is 9.88 Å². The van der Waals surface area contributed by atoms with Crippen molar-refractivity contribution in [3.63, 3.8) is 0 Å². The van der Waals surface area contributed by atoms with Gasteiger partial charge in [0.2, 0.25) is 0 Å². The number of rotatable bonds is 4. The highest BCUT2D eigenvalue weighted by molar-refractivity contribution is 5.88. The second kappa shape index (κ2) is 6.97. The van der Waals surface area contributed by atoms with E-state index in [0.29, 0.717) is 5.69 Å². The van der Waals surface area contributed by atoms with Crippen molar-refractivity contribution in [3.8, 4) is 0 Å². The Morgan fingerprint density at radius 3 is 2.46 bits per heavy atom. The number of aromatic nitrogens is 1. The maximum atomic E-state index is 13.7. The molecule has 2 aromatic rings. The standard InChI is InChI=1S/C18H20FN3O2/c1-13(14-2-4-20-5-3-14)21-6-8-22(9-7-21)17-11-15(18(23)24)10-16(19)12-17/h2-5,10-13H,6-9H2,1H3,(H,23,24). The number of hydrogen-bond acceptors (Lipinski definition) is 4. The first-order valence-electron chi connectivity index (χ1n) is 7.97. The van der Waals surface area contributed by atoms with E-state index in [1.807, 2.05) is 17.0 Å². The molecule has 0 spiro atoms. The van der Waals surface area contributed by atoms with Crippen molar-refractivity contribution < 1.29 is 14.3 Å². The van der Waals surface area contributed by atoms with Crippen LogP contribution in [0.25, 0.3) is 0 Å². The first kappa shape index (κ1) is 16.4. The van der Waals surface area contributed by atoms with Crippen LogP contribution in [0.2, 0.25) is 0 Å². The summed E-state index contributed by atoms with van der Waals surface area (Å²) < 4.78 is 13.7.